The molecule has 0 saturated carbocycles. The van der Waals surface area contributed by atoms with Gasteiger partial charge in [-0.2, -0.15) is 0 Å². The molecule has 0 saturated heterocycles. The van der Waals surface area contributed by atoms with E-state index < -0.39 is 0 Å². The lowest BCUT2D eigenvalue weighted by Gasteiger charge is -2.17. The van der Waals surface area contributed by atoms with Gasteiger partial charge in [-0.3, -0.25) is 9.59 Å². The number of anilines is 2. The topological polar surface area (TPSA) is 49.4 Å². The molecule has 1 aliphatic rings. The Bertz CT molecular complexity index is 1240. The van der Waals surface area contributed by atoms with Crippen LogP contribution in [0, 0.1) is 34.6 Å². The summed E-state index contributed by atoms with van der Waals surface area (Å²) in [5, 5.41) is 3.29. The van der Waals surface area contributed by atoms with E-state index in [2.05, 4.69) is 5.32 Å². The minimum absolute atomic E-state index is 0.307. The minimum Gasteiger partial charge on any atom is -0.350 e. The molecular weight excluding hydrogens is 416 g/mol. The summed E-state index contributed by atoms with van der Waals surface area (Å²) in [5.74, 6) is -0.645. The van der Waals surface area contributed by atoms with Gasteiger partial charge >= 0.3 is 0 Å². The highest BCUT2D eigenvalue weighted by atomic mass is 32.2. The predicted octanol–water partition coefficient (Wildman–Crippen LogP) is 6.22. The third-order valence-electron chi connectivity index (χ3n) is 5.61. The Morgan fingerprint density at radius 2 is 1.41 bits per heavy atom. The molecule has 4 nitrogen and oxygen atoms in total. The van der Waals surface area contributed by atoms with Crippen LogP contribution < -0.4 is 10.2 Å². The summed E-state index contributed by atoms with van der Waals surface area (Å²) in [5.41, 5.74) is 7.04. The number of nitrogens with one attached hydrogen (secondary N) is 1. The number of nitrogens with zero attached hydrogens (tertiary/aromatic N) is 1. The van der Waals surface area contributed by atoms with E-state index in [1.54, 1.807) is 0 Å². The van der Waals surface area contributed by atoms with Gasteiger partial charge in [0.15, 0.2) is 0 Å². The number of carbonyl (C=O) groups excluding carboxylic acids is 2. The second-order valence-electron chi connectivity index (χ2n) is 8.28. The number of benzene rings is 3. The molecule has 0 spiro atoms. The fourth-order valence-corrected chi connectivity index (χ4v) is 4.70. The summed E-state index contributed by atoms with van der Waals surface area (Å²) in [6.07, 6.45) is 0. The molecule has 1 aliphatic heterocycles. The molecule has 0 unspecified atom stereocenters. The summed E-state index contributed by atoms with van der Waals surface area (Å²) in [7, 11) is 0. The summed E-state index contributed by atoms with van der Waals surface area (Å²) in [6, 6.07) is 19.6. The molecule has 3 aromatic rings. The first-order valence-corrected chi connectivity index (χ1v) is 11.4. The van der Waals surface area contributed by atoms with Crippen molar-refractivity contribution in [2.24, 2.45) is 0 Å². The maximum atomic E-state index is 13.6. The highest BCUT2D eigenvalue weighted by molar-refractivity contribution is 8.04. The molecule has 5 heteroatoms. The molecular formula is C27H26N2O2S. The zero-order valence-corrected chi connectivity index (χ0v) is 19.8. The lowest BCUT2D eigenvalue weighted by atomic mass is 10.1. The SMILES string of the molecule is Cc1ccc(SC2=C(Nc3cccc(C)c3C)C(=O)N(c3cc(C)cc(C)c3)C2=O)cc1. The summed E-state index contributed by atoms with van der Waals surface area (Å²) >= 11 is 1.32. The molecule has 4 rings (SSSR count). The number of imide groups is 1. The highest BCUT2D eigenvalue weighted by Gasteiger charge is 2.40. The van der Waals surface area contributed by atoms with E-state index in [0.29, 0.717) is 16.3 Å². The number of aryl methyl sites for hydroxylation is 4. The van der Waals surface area contributed by atoms with Crippen molar-refractivity contribution in [1.29, 1.82) is 0 Å². The molecule has 0 aliphatic carbocycles. The summed E-state index contributed by atoms with van der Waals surface area (Å²) in [6.45, 7) is 9.99. The average Bonchev–Trinajstić information content (AvgIpc) is 2.96. The zero-order chi connectivity index (χ0) is 23.0. The van der Waals surface area contributed by atoms with Crippen LogP contribution in [0.25, 0.3) is 0 Å². The first kappa shape index (κ1) is 21.9. The first-order valence-electron chi connectivity index (χ1n) is 10.5. The van der Waals surface area contributed by atoms with Gasteiger partial charge in [0.05, 0.1) is 5.69 Å². The van der Waals surface area contributed by atoms with Gasteiger partial charge in [0.25, 0.3) is 11.8 Å². The van der Waals surface area contributed by atoms with Crippen molar-refractivity contribution >= 4 is 35.0 Å². The second kappa shape index (κ2) is 8.67. The van der Waals surface area contributed by atoms with Crippen molar-refractivity contribution in [3.63, 3.8) is 0 Å². The van der Waals surface area contributed by atoms with Gasteiger partial charge in [0.1, 0.15) is 10.6 Å². The molecule has 2 amide bonds. The van der Waals surface area contributed by atoms with Crippen LogP contribution in [0.2, 0.25) is 0 Å². The Labute approximate surface area is 193 Å². The first-order chi connectivity index (χ1) is 15.2. The van der Waals surface area contributed by atoms with E-state index in [-0.39, 0.29) is 11.8 Å². The van der Waals surface area contributed by atoms with Crippen LogP contribution in [0.15, 0.2) is 76.2 Å². The molecule has 0 bridgehead atoms. The molecule has 0 fully saturated rings. The standard InChI is InChI=1S/C27H26N2O2S/c1-16-9-11-22(12-10-16)32-25-24(28-23-8-6-7-19(4)20(23)5)26(30)29(27(25)31)21-14-17(2)13-18(3)15-21/h6-15,28H,1-5H3. The number of hydrogen-bond donors (Lipinski definition) is 1. The molecule has 3 aromatic carbocycles. The number of hydrogen-bond acceptors (Lipinski definition) is 4. The van der Waals surface area contributed by atoms with Gasteiger partial charge in [-0.15, -0.1) is 0 Å². The molecule has 0 aromatic heterocycles. The van der Waals surface area contributed by atoms with E-state index >= 15 is 0 Å². The van der Waals surface area contributed by atoms with E-state index in [4.69, 9.17) is 0 Å². The minimum atomic E-state index is -0.337. The second-order valence-corrected chi connectivity index (χ2v) is 9.37. The van der Waals surface area contributed by atoms with Gasteiger partial charge in [-0.25, -0.2) is 4.90 Å². The predicted molar refractivity (Wildman–Crippen MR) is 132 cm³/mol. The van der Waals surface area contributed by atoms with Crippen molar-refractivity contribution in [3.05, 3.63) is 99.1 Å². The Morgan fingerprint density at radius 3 is 2.06 bits per heavy atom. The largest absolute Gasteiger partial charge is 0.350 e. The molecule has 1 heterocycles. The van der Waals surface area contributed by atoms with Crippen molar-refractivity contribution in [3.8, 4) is 0 Å². The van der Waals surface area contributed by atoms with Crippen molar-refractivity contribution in [1.82, 2.24) is 0 Å². The van der Waals surface area contributed by atoms with E-state index in [9.17, 15) is 9.59 Å². The Hall–Kier alpha value is -3.31. The van der Waals surface area contributed by atoms with Crippen molar-refractivity contribution in [2.45, 2.75) is 39.5 Å². The third kappa shape index (κ3) is 4.21. The Balaban J connectivity index is 1.79. The smallest absolute Gasteiger partial charge is 0.283 e. The normalized spacial score (nSPS) is 13.8. The van der Waals surface area contributed by atoms with Crippen LogP contribution in [0.4, 0.5) is 11.4 Å². The maximum Gasteiger partial charge on any atom is 0.283 e. The molecule has 162 valence electrons. The van der Waals surface area contributed by atoms with Crippen LogP contribution in [-0.2, 0) is 9.59 Å². The van der Waals surface area contributed by atoms with Gasteiger partial charge in [-0.1, -0.05) is 47.7 Å². The molecule has 0 atom stereocenters. The summed E-state index contributed by atoms with van der Waals surface area (Å²) < 4.78 is 0. The molecule has 1 N–H and O–H groups in total. The lowest BCUT2D eigenvalue weighted by molar-refractivity contribution is -0.120. The van der Waals surface area contributed by atoms with E-state index in [0.717, 1.165) is 38.4 Å². The Morgan fingerprint density at radius 1 is 0.750 bits per heavy atom. The van der Waals surface area contributed by atoms with Gasteiger partial charge in [0.2, 0.25) is 0 Å². The maximum absolute atomic E-state index is 13.6. The van der Waals surface area contributed by atoms with Crippen LogP contribution in [0.3, 0.4) is 0 Å². The highest BCUT2D eigenvalue weighted by Crippen LogP contribution is 2.38. The van der Waals surface area contributed by atoms with Crippen molar-refractivity contribution in [2.75, 3.05) is 10.2 Å². The van der Waals surface area contributed by atoms with Crippen LogP contribution in [0.5, 0.6) is 0 Å². The van der Waals surface area contributed by atoms with Crippen LogP contribution in [-0.4, -0.2) is 11.8 Å². The van der Waals surface area contributed by atoms with Gasteiger partial charge in [-0.05, 0) is 87.2 Å². The summed E-state index contributed by atoms with van der Waals surface area (Å²) in [4.78, 5) is 29.7. The number of thioether (sulfide) groups is 1. The third-order valence-corrected chi connectivity index (χ3v) is 6.70. The zero-order valence-electron chi connectivity index (χ0n) is 18.9. The number of amides is 2. The Kier molecular flexibility index (Phi) is 5.94. The van der Waals surface area contributed by atoms with E-state index in [1.165, 1.54) is 16.7 Å². The van der Waals surface area contributed by atoms with Crippen LogP contribution >= 0.6 is 11.8 Å². The van der Waals surface area contributed by atoms with Gasteiger partial charge in [0, 0.05) is 10.6 Å². The lowest BCUT2D eigenvalue weighted by Crippen LogP contribution is -2.32. The number of rotatable bonds is 5. The fraction of sp³-hybridized carbons (Fsp3) is 0.185. The molecule has 32 heavy (non-hydrogen) atoms. The number of carbonyl (C=O) groups is 2. The van der Waals surface area contributed by atoms with E-state index in [1.807, 2.05) is 95.3 Å². The van der Waals surface area contributed by atoms with Gasteiger partial charge < -0.3 is 5.32 Å². The average molecular weight is 443 g/mol. The van der Waals surface area contributed by atoms with Crippen molar-refractivity contribution < 1.29 is 9.59 Å². The quantitative estimate of drug-likeness (QED) is 0.477. The molecule has 0 radical (unpaired) electrons. The fourth-order valence-electron chi connectivity index (χ4n) is 3.77. The monoisotopic (exact) mass is 442 g/mol. The van der Waals surface area contributed by atoms with Crippen LogP contribution in [0.1, 0.15) is 27.8 Å².